The number of ether oxygens (including phenoxy) is 1. The van der Waals surface area contributed by atoms with Gasteiger partial charge in [-0.25, -0.2) is 0 Å². The van der Waals surface area contributed by atoms with Gasteiger partial charge in [-0.2, -0.15) is 0 Å². The molecule has 6 nitrogen and oxygen atoms in total. The summed E-state index contributed by atoms with van der Waals surface area (Å²) in [6.07, 6.45) is 2.15. The molecule has 1 aliphatic carbocycles. The van der Waals surface area contributed by atoms with E-state index in [1.54, 1.807) is 16.9 Å². The molecule has 3 aromatic rings. The molecule has 1 saturated carbocycles. The Balaban J connectivity index is 1.46. The third kappa shape index (κ3) is 6.25. The maximum Gasteiger partial charge on any atom is 0.242 e. The largest absolute Gasteiger partial charge is 0.497 e. The number of rotatable bonds is 10. The number of furan rings is 1. The summed E-state index contributed by atoms with van der Waals surface area (Å²) in [5.74, 6) is 2.20. The molecule has 0 spiro atoms. The van der Waals surface area contributed by atoms with Gasteiger partial charge in [0.05, 0.1) is 20.1 Å². The van der Waals surface area contributed by atoms with E-state index in [4.69, 9.17) is 9.15 Å². The van der Waals surface area contributed by atoms with Crippen LogP contribution in [0, 0.1) is 6.92 Å². The van der Waals surface area contributed by atoms with Crippen molar-refractivity contribution in [3.05, 3.63) is 89.4 Å². The van der Waals surface area contributed by atoms with Gasteiger partial charge >= 0.3 is 0 Å². The minimum absolute atomic E-state index is 0.0236. The van der Waals surface area contributed by atoms with Crippen LogP contribution in [0.1, 0.15) is 35.5 Å². The van der Waals surface area contributed by atoms with Crippen LogP contribution in [0.15, 0.2) is 71.1 Å². The highest BCUT2D eigenvalue weighted by molar-refractivity contribution is 5.86. The van der Waals surface area contributed by atoms with Crippen molar-refractivity contribution in [2.24, 2.45) is 0 Å². The van der Waals surface area contributed by atoms with E-state index in [1.165, 1.54) is 0 Å². The van der Waals surface area contributed by atoms with Gasteiger partial charge in [0.2, 0.25) is 11.8 Å². The van der Waals surface area contributed by atoms with Crippen molar-refractivity contribution in [2.45, 2.75) is 45.3 Å². The fraction of sp³-hybridized carbons (Fsp3) is 0.333. The Bertz CT molecular complexity index is 1070. The molecule has 0 bridgehead atoms. The first-order valence-electron chi connectivity index (χ1n) is 11.3. The summed E-state index contributed by atoms with van der Waals surface area (Å²) in [5, 5.41) is 0. The molecule has 0 atom stereocenters. The fourth-order valence-corrected chi connectivity index (χ4v) is 3.87. The van der Waals surface area contributed by atoms with Crippen molar-refractivity contribution >= 4 is 11.8 Å². The van der Waals surface area contributed by atoms with Gasteiger partial charge in [0.15, 0.2) is 0 Å². The molecule has 1 aliphatic rings. The van der Waals surface area contributed by atoms with Crippen LogP contribution in [0.25, 0.3) is 0 Å². The average molecular weight is 447 g/mol. The second kappa shape index (κ2) is 10.4. The highest BCUT2D eigenvalue weighted by Gasteiger charge is 2.34. The van der Waals surface area contributed by atoms with E-state index in [0.717, 1.165) is 41.2 Å². The molecule has 0 saturated heterocycles. The average Bonchev–Trinajstić information content (AvgIpc) is 3.59. The standard InChI is InChI=1S/C27H30N2O4/c1-20-8-13-25(33-20)18-28(17-22-6-4-3-5-7-22)27(31)19-29(23-11-12-23)26(30)16-21-9-14-24(32-2)15-10-21/h3-10,13-15,23H,11-12,16-19H2,1-2H3. The van der Waals surface area contributed by atoms with E-state index in [-0.39, 0.29) is 30.8 Å². The number of benzene rings is 2. The number of methoxy groups -OCH3 is 1. The molecule has 0 radical (unpaired) electrons. The molecule has 2 aromatic carbocycles. The highest BCUT2D eigenvalue weighted by atomic mass is 16.5. The zero-order valence-electron chi connectivity index (χ0n) is 19.2. The van der Waals surface area contributed by atoms with Crippen LogP contribution in [0.2, 0.25) is 0 Å². The summed E-state index contributed by atoms with van der Waals surface area (Å²) in [4.78, 5) is 30.1. The predicted molar refractivity (Wildman–Crippen MR) is 126 cm³/mol. The van der Waals surface area contributed by atoms with Gasteiger partial charge in [0.25, 0.3) is 0 Å². The lowest BCUT2D eigenvalue weighted by Crippen LogP contribution is -2.44. The lowest BCUT2D eigenvalue weighted by molar-refractivity contribution is -0.141. The number of carbonyl (C=O) groups excluding carboxylic acids is 2. The van der Waals surface area contributed by atoms with Crippen LogP contribution in [0.5, 0.6) is 5.75 Å². The SMILES string of the molecule is COc1ccc(CC(=O)N(CC(=O)N(Cc2ccccc2)Cc2ccc(C)o2)C2CC2)cc1. The molecule has 0 unspecified atom stereocenters. The van der Waals surface area contributed by atoms with E-state index in [2.05, 4.69) is 0 Å². The summed E-state index contributed by atoms with van der Waals surface area (Å²) in [7, 11) is 1.62. The first-order chi connectivity index (χ1) is 16.0. The van der Waals surface area contributed by atoms with E-state index in [1.807, 2.05) is 73.7 Å². The monoisotopic (exact) mass is 446 g/mol. The molecule has 1 fully saturated rings. The Labute approximate surface area is 194 Å². The Morgan fingerprint density at radius 2 is 1.64 bits per heavy atom. The minimum Gasteiger partial charge on any atom is -0.497 e. The van der Waals surface area contributed by atoms with Crippen LogP contribution < -0.4 is 4.74 Å². The van der Waals surface area contributed by atoms with Crippen molar-refractivity contribution in [2.75, 3.05) is 13.7 Å². The highest BCUT2D eigenvalue weighted by Crippen LogP contribution is 2.28. The number of nitrogens with zero attached hydrogens (tertiary/aromatic N) is 2. The summed E-state index contributed by atoms with van der Waals surface area (Å²) in [6.45, 7) is 2.79. The van der Waals surface area contributed by atoms with Gasteiger partial charge in [-0.1, -0.05) is 42.5 Å². The molecule has 0 N–H and O–H groups in total. The zero-order valence-corrected chi connectivity index (χ0v) is 19.2. The number of amides is 2. The number of carbonyl (C=O) groups is 2. The molecule has 172 valence electrons. The summed E-state index contributed by atoms with van der Waals surface area (Å²) < 4.78 is 10.9. The molecule has 6 heteroatoms. The summed E-state index contributed by atoms with van der Waals surface area (Å²) in [6, 6.07) is 21.3. The lowest BCUT2D eigenvalue weighted by atomic mass is 10.1. The zero-order chi connectivity index (χ0) is 23.2. The van der Waals surface area contributed by atoms with Gasteiger partial charge in [-0.05, 0) is 55.2 Å². The van der Waals surface area contributed by atoms with Crippen molar-refractivity contribution in [3.8, 4) is 5.75 Å². The number of hydrogen-bond acceptors (Lipinski definition) is 4. The molecule has 1 aromatic heterocycles. The van der Waals surface area contributed by atoms with Crippen LogP contribution in [0.4, 0.5) is 0 Å². The first-order valence-corrected chi connectivity index (χ1v) is 11.3. The Morgan fingerprint density at radius 1 is 0.909 bits per heavy atom. The van der Waals surface area contributed by atoms with Gasteiger partial charge in [-0.15, -0.1) is 0 Å². The van der Waals surface area contributed by atoms with Crippen molar-refractivity contribution < 1.29 is 18.7 Å². The van der Waals surface area contributed by atoms with Gasteiger partial charge in [0.1, 0.15) is 23.8 Å². The molecule has 4 rings (SSSR count). The topological polar surface area (TPSA) is 63.0 Å². The second-order valence-electron chi connectivity index (χ2n) is 8.53. The normalized spacial score (nSPS) is 12.9. The first kappa shape index (κ1) is 22.6. The quantitative estimate of drug-likeness (QED) is 0.464. The summed E-state index contributed by atoms with van der Waals surface area (Å²) in [5.41, 5.74) is 1.95. The van der Waals surface area contributed by atoms with Crippen LogP contribution in [0.3, 0.4) is 0 Å². The van der Waals surface area contributed by atoms with Crippen molar-refractivity contribution in [1.82, 2.24) is 9.80 Å². The maximum atomic E-state index is 13.4. The summed E-state index contributed by atoms with van der Waals surface area (Å²) >= 11 is 0. The van der Waals surface area contributed by atoms with Crippen molar-refractivity contribution in [3.63, 3.8) is 0 Å². The fourth-order valence-electron chi connectivity index (χ4n) is 3.87. The Morgan fingerprint density at radius 3 is 2.24 bits per heavy atom. The van der Waals surface area contributed by atoms with Gasteiger partial charge < -0.3 is 19.0 Å². The van der Waals surface area contributed by atoms with E-state index in [0.29, 0.717) is 13.1 Å². The van der Waals surface area contributed by atoms with E-state index in [9.17, 15) is 9.59 Å². The molecule has 2 amide bonds. The maximum absolute atomic E-state index is 13.4. The predicted octanol–water partition coefficient (Wildman–Crippen LogP) is 4.36. The van der Waals surface area contributed by atoms with E-state index < -0.39 is 0 Å². The van der Waals surface area contributed by atoms with E-state index >= 15 is 0 Å². The molecular formula is C27H30N2O4. The molecule has 0 aliphatic heterocycles. The Hall–Kier alpha value is -3.54. The molecule has 33 heavy (non-hydrogen) atoms. The minimum atomic E-state index is -0.0807. The lowest BCUT2D eigenvalue weighted by Gasteiger charge is -2.27. The number of hydrogen-bond donors (Lipinski definition) is 0. The molecular weight excluding hydrogens is 416 g/mol. The van der Waals surface area contributed by atoms with Gasteiger partial charge in [-0.3, -0.25) is 9.59 Å². The second-order valence-corrected chi connectivity index (χ2v) is 8.53. The third-order valence-electron chi connectivity index (χ3n) is 5.84. The third-order valence-corrected chi connectivity index (χ3v) is 5.84. The number of aryl methyl sites for hydroxylation is 1. The Kier molecular flexibility index (Phi) is 7.13. The van der Waals surface area contributed by atoms with Crippen LogP contribution in [-0.2, 0) is 29.1 Å². The van der Waals surface area contributed by atoms with Gasteiger partial charge in [0, 0.05) is 12.6 Å². The molecule has 1 heterocycles. The van der Waals surface area contributed by atoms with Crippen molar-refractivity contribution in [1.29, 1.82) is 0 Å². The van der Waals surface area contributed by atoms with Crippen LogP contribution >= 0.6 is 0 Å². The van der Waals surface area contributed by atoms with Crippen LogP contribution in [-0.4, -0.2) is 41.3 Å². The smallest absolute Gasteiger partial charge is 0.242 e.